The third-order valence-electron chi connectivity index (χ3n) is 5.80. The number of thioether (sulfide) groups is 2. The second-order valence-electron chi connectivity index (χ2n) is 9.04. The minimum Gasteiger partial charge on any atom is -0.507 e. The molecule has 0 atom stereocenters. The number of aromatic hydroxyl groups is 1. The maximum absolute atomic E-state index is 10.1. The number of unbranched alkanes of at least 4 members (excludes halogenated alkanes) is 10. The van der Waals surface area contributed by atoms with Gasteiger partial charge in [-0.1, -0.05) is 102 Å². The van der Waals surface area contributed by atoms with Crippen LogP contribution < -0.4 is 5.32 Å². The second-order valence-corrected chi connectivity index (χ2v) is 11.2. The lowest BCUT2D eigenvalue weighted by atomic mass is 10.1. The van der Waals surface area contributed by atoms with Gasteiger partial charge in [0.2, 0.25) is 5.95 Å². The summed E-state index contributed by atoms with van der Waals surface area (Å²) in [5.74, 6) is 2.99. The molecule has 0 saturated heterocycles. The molecule has 5 nitrogen and oxygen atoms in total. The molecule has 7 heteroatoms. The molecule has 0 unspecified atom stereocenters. The SMILES string of the molecule is CCCCCCCCSc1nc(Nc2cc(C)c(O)c(C)c2)nc(SCCCCCCCC)n1. The van der Waals surface area contributed by atoms with Crippen LogP contribution in [-0.4, -0.2) is 31.6 Å². The highest BCUT2D eigenvalue weighted by atomic mass is 32.2. The molecular formula is C27H44N4OS2. The highest BCUT2D eigenvalue weighted by Crippen LogP contribution is 2.28. The largest absolute Gasteiger partial charge is 0.507 e. The van der Waals surface area contributed by atoms with Gasteiger partial charge in [0.25, 0.3) is 0 Å². The minimum absolute atomic E-state index is 0.339. The van der Waals surface area contributed by atoms with E-state index in [4.69, 9.17) is 4.98 Å². The molecule has 0 fully saturated rings. The van der Waals surface area contributed by atoms with Gasteiger partial charge in [0.05, 0.1) is 0 Å². The van der Waals surface area contributed by atoms with E-state index in [9.17, 15) is 5.11 Å². The highest BCUT2D eigenvalue weighted by Gasteiger charge is 2.10. The van der Waals surface area contributed by atoms with E-state index in [0.717, 1.165) is 38.6 Å². The van der Waals surface area contributed by atoms with Gasteiger partial charge in [0.1, 0.15) is 5.75 Å². The standard InChI is InChI=1S/C27H44N4OS2/c1-5-7-9-11-13-15-17-33-26-29-25(28-23-19-21(3)24(32)22(4)20-23)30-27(31-26)34-18-16-14-12-10-8-6-2/h19-20,32H,5-18H2,1-4H3,(H,28,29,30,31). The molecule has 0 aliphatic rings. The predicted molar refractivity (Wildman–Crippen MR) is 149 cm³/mol. The van der Waals surface area contributed by atoms with E-state index in [-0.39, 0.29) is 0 Å². The Hall–Kier alpha value is -1.47. The Balaban J connectivity index is 1.98. The van der Waals surface area contributed by atoms with Crippen molar-refractivity contribution >= 4 is 35.2 Å². The van der Waals surface area contributed by atoms with Gasteiger partial charge >= 0.3 is 0 Å². The summed E-state index contributed by atoms with van der Waals surface area (Å²) in [5.41, 5.74) is 2.57. The van der Waals surface area contributed by atoms with Gasteiger partial charge in [0, 0.05) is 17.2 Å². The van der Waals surface area contributed by atoms with Crippen molar-refractivity contribution in [3.05, 3.63) is 23.3 Å². The van der Waals surface area contributed by atoms with E-state index < -0.39 is 0 Å². The van der Waals surface area contributed by atoms with Gasteiger partial charge in [-0.15, -0.1) is 0 Å². The number of hydrogen-bond donors (Lipinski definition) is 2. The predicted octanol–water partition coefficient (Wildman–Crippen LogP) is 8.84. The Morgan fingerprint density at radius 2 is 1.12 bits per heavy atom. The third kappa shape index (κ3) is 11.3. The van der Waals surface area contributed by atoms with Gasteiger partial charge in [-0.05, 0) is 49.9 Å². The van der Waals surface area contributed by atoms with Crippen molar-refractivity contribution in [1.29, 1.82) is 0 Å². The first-order valence-electron chi connectivity index (χ1n) is 13.1. The minimum atomic E-state index is 0.339. The molecule has 1 aromatic carbocycles. The first-order chi connectivity index (χ1) is 16.5. The van der Waals surface area contributed by atoms with Gasteiger partial charge in [-0.25, -0.2) is 0 Å². The quantitative estimate of drug-likeness (QED) is 0.119. The zero-order valence-corrected chi connectivity index (χ0v) is 23.3. The Bertz CT molecular complexity index is 788. The number of nitrogens with zero attached hydrogens (tertiary/aromatic N) is 3. The Morgan fingerprint density at radius 1 is 0.676 bits per heavy atom. The lowest BCUT2D eigenvalue weighted by Gasteiger charge is -2.11. The van der Waals surface area contributed by atoms with Gasteiger partial charge in [0.15, 0.2) is 10.3 Å². The highest BCUT2D eigenvalue weighted by molar-refractivity contribution is 7.99. The second kappa shape index (κ2) is 17.0. The fourth-order valence-electron chi connectivity index (χ4n) is 3.77. The average molecular weight is 505 g/mol. The molecule has 0 spiro atoms. The van der Waals surface area contributed by atoms with Crippen LogP contribution in [0.3, 0.4) is 0 Å². The third-order valence-corrected chi connectivity index (χ3v) is 7.67. The summed E-state index contributed by atoms with van der Waals surface area (Å²) in [4.78, 5) is 14.1. The van der Waals surface area contributed by atoms with Crippen LogP contribution >= 0.6 is 23.5 Å². The Morgan fingerprint density at radius 3 is 1.59 bits per heavy atom. The van der Waals surface area contributed by atoms with E-state index in [1.54, 1.807) is 23.5 Å². The number of aromatic nitrogens is 3. The first-order valence-corrected chi connectivity index (χ1v) is 15.1. The van der Waals surface area contributed by atoms with Gasteiger partial charge in [-0.3, -0.25) is 0 Å². The van der Waals surface area contributed by atoms with Crippen molar-refractivity contribution in [2.24, 2.45) is 0 Å². The summed E-state index contributed by atoms with van der Waals surface area (Å²) in [6.07, 6.45) is 15.5. The van der Waals surface area contributed by atoms with Crippen LogP contribution in [0.5, 0.6) is 5.75 Å². The van der Waals surface area contributed by atoms with Gasteiger partial charge < -0.3 is 10.4 Å². The number of phenolic OH excluding ortho intramolecular Hbond substituents is 1. The summed E-state index contributed by atoms with van der Waals surface area (Å²) in [6.45, 7) is 8.32. The molecule has 0 aliphatic heterocycles. The summed E-state index contributed by atoms with van der Waals surface area (Å²) < 4.78 is 0. The molecule has 0 radical (unpaired) electrons. The van der Waals surface area contributed by atoms with Crippen LogP contribution in [0.2, 0.25) is 0 Å². The molecule has 2 N–H and O–H groups in total. The molecule has 2 rings (SSSR count). The van der Waals surface area contributed by atoms with Crippen molar-refractivity contribution in [3.63, 3.8) is 0 Å². The molecule has 190 valence electrons. The summed E-state index contributed by atoms with van der Waals surface area (Å²) in [6, 6.07) is 3.86. The Labute approximate surface area is 215 Å². The monoisotopic (exact) mass is 504 g/mol. The number of rotatable bonds is 18. The van der Waals surface area contributed by atoms with E-state index in [1.807, 2.05) is 26.0 Å². The first kappa shape index (κ1) is 28.8. The van der Waals surface area contributed by atoms with Crippen LogP contribution in [0.4, 0.5) is 11.6 Å². The Kier molecular flexibility index (Phi) is 14.4. The summed E-state index contributed by atoms with van der Waals surface area (Å²) in [5, 5.41) is 15.0. The maximum Gasteiger partial charge on any atom is 0.232 e. The molecule has 0 amide bonds. The molecule has 34 heavy (non-hydrogen) atoms. The topological polar surface area (TPSA) is 70.9 Å². The average Bonchev–Trinajstić information content (AvgIpc) is 2.81. The molecule has 0 aliphatic carbocycles. The summed E-state index contributed by atoms with van der Waals surface area (Å²) >= 11 is 3.46. The number of phenols is 1. The number of benzene rings is 1. The summed E-state index contributed by atoms with van der Waals surface area (Å²) in [7, 11) is 0. The molecule has 1 aromatic heterocycles. The zero-order chi connectivity index (χ0) is 24.6. The lowest BCUT2D eigenvalue weighted by Crippen LogP contribution is -2.03. The maximum atomic E-state index is 10.1. The van der Waals surface area contributed by atoms with Crippen molar-refractivity contribution in [2.75, 3.05) is 16.8 Å². The molecule has 2 aromatic rings. The molecule has 1 heterocycles. The zero-order valence-electron chi connectivity index (χ0n) is 21.7. The lowest BCUT2D eigenvalue weighted by molar-refractivity contribution is 0.467. The fourth-order valence-corrected chi connectivity index (χ4v) is 5.50. The van der Waals surface area contributed by atoms with E-state index >= 15 is 0 Å². The number of hydrogen-bond acceptors (Lipinski definition) is 7. The number of aryl methyl sites for hydroxylation is 2. The van der Waals surface area contributed by atoms with E-state index in [1.165, 1.54) is 77.0 Å². The van der Waals surface area contributed by atoms with Crippen molar-refractivity contribution < 1.29 is 5.11 Å². The van der Waals surface area contributed by atoms with Crippen molar-refractivity contribution in [3.8, 4) is 5.75 Å². The number of nitrogens with one attached hydrogen (secondary N) is 1. The van der Waals surface area contributed by atoms with Gasteiger partial charge in [-0.2, -0.15) is 15.0 Å². The van der Waals surface area contributed by atoms with Crippen molar-refractivity contribution in [1.82, 2.24) is 15.0 Å². The normalized spacial score (nSPS) is 11.2. The van der Waals surface area contributed by atoms with E-state index in [2.05, 4.69) is 29.1 Å². The van der Waals surface area contributed by atoms with Crippen molar-refractivity contribution in [2.45, 2.75) is 115 Å². The molecule has 0 saturated carbocycles. The molecule has 0 bridgehead atoms. The van der Waals surface area contributed by atoms with Crippen LogP contribution in [0.25, 0.3) is 0 Å². The fraction of sp³-hybridized carbons (Fsp3) is 0.667. The molecular weight excluding hydrogens is 460 g/mol. The van der Waals surface area contributed by atoms with Crippen LogP contribution in [0.1, 0.15) is 102 Å². The smallest absolute Gasteiger partial charge is 0.232 e. The van der Waals surface area contributed by atoms with E-state index in [0.29, 0.717) is 11.7 Å². The van der Waals surface area contributed by atoms with Crippen LogP contribution in [0, 0.1) is 13.8 Å². The number of anilines is 2. The van der Waals surface area contributed by atoms with Crippen LogP contribution in [0.15, 0.2) is 22.4 Å². The van der Waals surface area contributed by atoms with Crippen LogP contribution in [-0.2, 0) is 0 Å².